The molecule has 0 aliphatic carbocycles. The van der Waals surface area contributed by atoms with E-state index in [2.05, 4.69) is 29.0 Å². The third kappa shape index (κ3) is 3.51. The van der Waals surface area contributed by atoms with Gasteiger partial charge >= 0.3 is 0 Å². The van der Waals surface area contributed by atoms with Crippen molar-refractivity contribution in [3.05, 3.63) is 54.4 Å². The number of pyridine rings is 1. The van der Waals surface area contributed by atoms with Gasteiger partial charge < -0.3 is 15.0 Å². The molecule has 1 saturated heterocycles. The van der Waals surface area contributed by atoms with Crippen molar-refractivity contribution in [3.8, 4) is 0 Å². The Morgan fingerprint density at radius 1 is 1.26 bits per heavy atom. The fourth-order valence-electron chi connectivity index (χ4n) is 2.76. The van der Waals surface area contributed by atoms with Crippen molar-refractivity contribution >= 4 is 17.3 Å². The number of rotatable bonds is 3. The van der Waals surface area contributed by atoms with E-state index in [1.54, 1.807) is 24.5 Å². The van der Waals surface area contributed by atoms with E-state index in [9.17, 15) is 4.79 Å². The molecule has 2 heterocycles. The summed E-state index contributed by atoms with van der Waals surface area (Å²) >= 11 is 0. The number of hydrogen-bond acceptors (Lipinski definition) is 4. The van der Waals surface area contributed by atoms with E-state index < -0.39 is 0 Å². The van der Waals surface area contributed by atoms with Gasteiger partial charge in [0.15, 0.2) is 0 Å². The van der Waals surface area contributed by atoms with Crippen LogP contribution < -0.4 is 10.2 Å². The Morgan fingerprint density at radius 2 is 2.04 bits per heavy atom. The summed E-state index contributed by atoms with van der Waals surface area (Å²) in [4.78, 5) is 18.4. The average molecular weight is 311 g/mol. The monoisotopic (exact) mass is 311 g/mol. The number of nitrogens with one attached hydrogen (secondary N) is 1. The van der Waals surface area contributed by atoms with Crippen molar-refractivity contribution in [2.75, 3.05) is 30.0 Å². The van der Waals surface area contributed by atoms with E-state index in [1.165, 1.54) is 0 Å². The summed E-state index contributed by atoms with van der Waals surface area (Å²) in [5.74, 6) is -0.155. The number of benzene rings is 1. The third-order valence-electron chi connectivity index (χ3n) is 4.01. The first-order valence-corrected chi connectivity index (χ1v) is 7.73. The van der Waals surface area contributed by atoms with E-state index in [-0.39, 0.29) is 11.4 Å². The van der Waals surface area contributed by atoms with Gasteiger partial charge in [-0.15, -0.1) is 0 Å². The molecule has 0 bridgehead atoms. The predicted octanol–water partition coefficient (Wildman–Crippen LogP) is 2.95. The molecule has 1 fully saturated rings. The van der Waals surface area contributed by atoms with Crippen LogP contribution >= 0.6 is 0 Å². The van der Waals surface area contributed by atoms with Gasteiger partial charge in [-0.25, -0.2) is 0 Å². The topological polar surface area (TPSA) is 54.5 Å². The lowest BCUT2D eigenvalue weighted by Gasteiger charge is -2.43. The van der Waals surface area contributed by atoms with Gasteiger partial charge in [0, 0.05) is 30.3 Å². The second-order valence-corrected chi connectivity index (χ2v) is 6.26. The molecule has 1 aliphatic heterocycles. The molecule has 1 aromatic heterocycles. The number of carbonyl (C=O) groups excluding carboxylic acids is 1. The lowest BCUT2D eigenvalue weighted by molar-refractivity contribution is 0.0644. The Kier molecular flexibility index (Phi) is 4.30. The lowest BCUT2D eigenvalue weighted by Crippen LogP contribution is -2.53. The SMILES string of the molecule is CC1(C)COCCN1c1ccc(NC(=O)c2cccnc2)cc1. The van der Waals surface area contributed by atoms with Crippen molar-refractivity contribution in [1.82, 2.24) is 4.98 Å². The van der Waals surface area contributed by atoms with Gasteiger partial charge in [-0.1, -0.05) is 0 Å². The van der Waals surface area contributed by atoms with E-state index in [4.69, 9.17) is 4.74 Å². The molecular formula is C18H21N3O2. The van der Waals surface area contributed by atoms with E-state index in [0.717, 1.165) is 24.5 Å². The van der Waals surface area contributed by atoms with Gasteiger partial charge in [-0.2, -0.15) is 0 Å². The van der Waals surface area contributed by atoms with Gasteiger partial charge in [-0.3, -0.25) is 9.78 Å². The predicted molar refractivity (Wildman–Crippen MR) is 90.9 cm³/mol. The molecule has 5 nitrogen and oxygen atoms in total. The summed E-state index contributed by atoms with van der Waals surface area (Å²) in [6, 6.07) is 11.4. The van der Waals surface area contributed by atoms with Crippen LogP contribution in [0.2, 0.25) is 0 Å². The quantitative estimate of drug-likeness (QED) is 0.947. The minimum atomic E-state index is -0.155. The number of ether oxygens (including phenoxy) is 1. The van der Waals surface area contributed by atoms with E-state index >= 15 is 0 Å². The molecule has 0 unspecified atom stereocenters. The zero-order chi connectivity index (χ0) is 16.3. The Morgan fingerprint density at radius 3 is 2.70 bits per heavy atom. The highest BCUT2D eigenvalue weighted by molar-refractivity contribution is 6.04. The van der Waals surface area contributed by atoms with E-state index in [1.807, 2.05) is 24.3 Å². The molecule has 120 valence electrons. The highest BCUT2D eigenvalue weighted by Gasteiger charge is 2.30. The van der Waals surface area contributed by atoms with Crippen LogP contribution in [0, 0.1) is 0 Å². The summed E-state index contributed by atoms with van der Waals surface area (Å²) in [7, 11) is 0. The zero-order valence-corrected chi connectivity index (χ0v) is 13.5. The molecule has 2 aromatic rings. The minimum Gasteiger partial charge on any atom is -0.377 e. The molecule has 5 heteroatoms. The van der Waals surface area contributed by atoms with Crippen LogP contribution in [0.3, 0.4) is 0 Å². The number of anilines is 2. The first-order chi connectivity index (χ1) is 11.1. The van der Waals surface area contributed by atoms with Gasteiger partial charge in [0.25, 0.3) is 5.91 Å². The molecule has 1 amide bonds. The average Bonchev–Trinajstić information content (AvgIpc) is 2.56. The van der Waals surface area contributed by atoms with Gasteiger partial charge in [-0.05, 0) is 50.2 Å². The highest BCUT2D eigenvalue weighted by Crippen LogP contribution is 2.28. The van der Waals surface area contributed by atoms with Crippen LogP contribution in [0.4, 0.5) is 11.4 Å². The Labute approximate surface area is 136 Å². The van der Waals surface area contributed by atoms with Crippen LogP contribution in [0.1, 0.15) is 24.2 Å². The van der Waals surface area contributed by atoms with Crippen molar-refractivity contribution in [2.45, 2.75) is 19.4 Å². The number of carbonyl (C=O) groups is 1. The molecular weight excluding hydrogens is 290 g/mol. The Bertz CT molecular complexity index is 668. The first-order valence-electron chi connectivity index (χ1n) is 7.73. The maximum Gasteiger partial charge on any atom is 0.257 e. The summed E-state index contributed by atoms with van der Waals surface area (Å²) in [5, 5.41) is 2.89. The van der Waals surface area contributed by atoms with Crippen molar-refractivity contribution < 1.29 is 9.53 Å². The fourth-order valence-corrected chi connectivity index (χ4v) is 2.76. The summed E-state index contributed by atoms with van der Waals surface area (Å²) < 4.78 is 5.56. The number of amides is 1. The van der Waals surface area contributed by atoms with Crippen LogP contribution in [0.25, 0.3) is 0 Å². The Balaban J connectivity index is 1.71. The van der Waals surface area contributed by atoms with Crippen molar-refractivity contribution in [1.29, 1.82) is 0 Å². The highest BCUT2D eigenvalue weighted by atomic mass is 16.5. The minimum absolute atomic E-state index is 0.0290. The zero-order valence-electron chi connectivity index (χ0n) is 13.5. The van der Waals surface area contributed by atoms with Crippen molar-refractivity contribution in [3.63, 3.8) is 0 Å². The molecule has 23 heavy (non-hydrogen) atoms. The second-order valence-electron chi connectivity index (χ2n) is 6.26. The van der Waals surface area contributed by atoms with Gasteiger partial charge in [0.1, 0.15) is 0 Å². The molecule has 0 radical (unpaired) electrons. The molecule has 1 aliphatic rings. The van der Waals surface area contributed by atoms with Crippen LogP contribution in [0.15, 0.2) is 48.8 Å². The largest absolute Gasteiger partial charge is 0.377 e. The second kappa shape index (κ2) is 6.38. The number of hydrogen-bond donors (Lipinski definition) is 1. The lowest BCUT2D eigenvalue weighted by atomic mass is 10.0. The molecule has 1 aromatic carbocycles. The van der Waals surface area contributed by atoms with Crippen LogP contribution in [-0.2, 0) is 4.74 Å². The molecule has 0 spiro atoms. The summed E-state index contributed by atoms with van der Waals surface area (Å²) in [6.07, 6.45) is 3.20. The van der Waals surface area contributed by atoms with Gasteiger partial charge in [0.2, 0.25) is 0 Å². The smallest absolute Gasteiger partial charge is 0.257 e. The molecule has 0 atom stereocenters. The standard InChI is InChI=1S/C18H21N3O2/c1-18(2)13-23-11-10-21(18)16-7-5-15(6-8-16)20-17(22)14-4-3-9-19-12-14/h3-9,12H,10-11,13H2,1-2H3,(H,20,22). The van der Waals surface area contributed by atoms with Gasteiger partial charge in [0.05, 0.1) is 24.3 Å². The van der Waals surface area contributed by atoms with Crippen LogP contribution in [0.5, 0.6) is 0 Å². The normalized spacial score (nSPS) is 16.9. The van der Waals surface area contributed by atoms with Crippen LogP contribution in [-0.4, -0.2) is 36.2 Å². The number of aromatic nitrogens is 1. The van der Waals surface area contributed by atoms with E-state index in [0.29, 0.717) is 12.2 Å². The number of nitrogens with zero attached hydrogens (tertiary/aromatic N) is 2. The van der Waals surface area contributed by atoms with Crippen molar-refractivity contribution in [2.24, 2.45) is 0 Å². The maximum absolute atomic E-state index is 12.1. The third-order valence-corrected chi connectivity index (χ3v) is 4.01. The summed E-state index contributed by atoms with van der Waals surface area (Å²) in [6.45, 7) is 6.66. The molecule has 1 N–H and O–H groups in total. The first kappa shape index (κ1) is 15.5. The number of morpholine rings is 1. The molecule has 0 saturated carbocycles. The molecule has 3 rings (SSSR count). The maximum atomic E-state index is 12.1. The fraction of sp³-hybridized carbons (Fsp3) is 0.333. The summed E-state index contributed by atoms with van der Waals surface area (Å²) in [5.41, 5.74) is 2.43. The Hall–Kier alpha value is -2.40.